The molecule has 0 saturated heterocycles. The molecular weight excluding hydrogens is 275 g/mol. The van der Waals surface area contributed by atoms with Crippen LogP contribution in [0.2, 0.25) is 0 Å². The van der Waals surface area contributed by atoms with Crippen molar-refractivity contribution in [1.29, 1.82) is 0 Å². The fourth-order valence-electron chi connectivity index (χ4n) is 1.89. The number of hydrogen-bond acceptors (Lipinski definition) is 4. The largest absolute Gasteiger partial charge is 0.387 e. The molecule has 2 aromatic rings. The number of aliphatic hydroxyl groups is 1. The summed E-state index contributed by atoms with van der Waals surface area (Å²) in [6, 6.07) is 6.12. The number of benzene rings is 1. The molecule has 0 spiro atoms. The van der Waals surface area contributed by atoms with E-state index in [1.165, 1.54) is 17.0 Å². The van der Waals surface area contributed by atoms with E-state index < -0.39 is 6.10 Å². The molecular formula is C15H19FN2OS. The minimum atomic E-state index is -0.723. The van der Waals surface area contributed by atoms with Gasteiger partial charge in [0.2, 0.25) is 0 Å². The molecule has 2 atom stereocenters. The monoisotopic (exact) mass is 294 g/mol. The van der Waals surface area contributed by atoms with Crippen LogP contribution >= 0.6 is 11.3 Å². The fraction of sp³-hybridized carbons (Fsp3) is 0.400. The van der Waals surface area contributed by atoms with Crippen LogP contribution in [0.5, 0.6) is 0 Å². The second-order valence-corrected chi connectivity index (χ2v) is 5.87. The molecule has 108 valence electrons. The number of aromatic nitrogens is 1. The van der Waals surface area contributed by atoms with Gasteiger partial charge < -0.3 is 10.4 Å². The van der Waals surface area contributed by atoms with Crippen molar-refractivity contribution in [3.8, 4) is 0 Å². The van der Waals surface area contributed by atoms with Crippen LogP contribution in [0.3, 0.4) is 0 Å². The molecule has 2 N–H and O–H groups in total. The lowest BCUT2D eigenvalue weighted by atomic mass is 10.1. The Kier molecular flexibility index (Phi) is 5.23. The molecule has 0 bridgehead atoms. The van der Waals surface area contributed by atoms with Gasteiger partial charge in [-0.3, -0.25) is 0 Å². The van der Waals surface area contributed by atoms with Gasteiger partial charge in [-0.25, -0.2) is 9.37 Å². The first-order valence-corrected chi connectivity index (χ1v) is 7.53. The van der Waals surface area contributed by atoms with Crippen LogP contribution < -0.4 is 5.32 Å². The number of rotatable bonds is 6. The summed E-state index contributed by atoms with van der Waals surface area (Å²) in [5, 5.41) is 14.3. The lowest BCUT2D eigenvalue weighted by molar-refractivity contribution is 0.170. The SMILES string of the molecule is CCc1cnc(C(C)NCC(O)c2cccc(F)c2)s1. The lowest BCUT2D eigenvalue weighted by Crippen LogP contribution is -2.24. The quantitative estimate of drug-likeness (QED) is 0.860. The number of nitrogens with one attached hydrogen (secondary N) is 1. The Balaban J connectivity index is 1.91. The van der Waals surface area contributed by atoms with Crippen molar-refractivity contribution >= 4 is 11.3 Å². The minimum absolute atomic E-state index is 0.0727. The predicted molar refractivity (Wildman–Crippen MR) is 79.3 cm³/mol. The normalized spacial score (nSPS) is 14.2. The maximum absolute atomic E-state index is 13.1. The number of aryl methyl sites for hydroxylation is 1. The summed E-state index contributed by atoms with van der Waals surface area (Å²) in [7, 11) is 0. The zero-order valence-electron chi connectivity index (χ0n) is 11.6. The standard InChI is InChI=1S/C15H19FN2OS/c1-3-13-8-18-15(20-13)10(2)17-9-14(19)11-5-4-6-12(16)7-11/h4-8,10,14,17,19H,3,9H2,1-2H3. The van der Waals surface area contributed by atoms with Gasteiger partial charge in [0.25, 0.3) is 0 Å². The summed E-state index contributed by atoms with van der Waals surface area (Å²) in [6.45, 7) is 4.48. The molecule has 0 amide bonds. The van der Waals surface area contributed by atoms with Gasteiger partial charge in [-0.05, 0) is 31.0 Å². The molecule has 0 fully saturated rings. The Morgan fingerprint density at radius 2 is 2.25 bits per heavy atom. The molecule has 2 rings (SSSR count). The van der Waals surface area contributed by atoms with Gasteiger partial charge in [-0.1, -0.05) is 19.1 Å². The number of aliphatic hydroxyl groups excluding tert-OH is 1. The molecule has 20 heavy (non-hydrogen) atoms. The highest BCUT2D eigenvalue weighted by molar-refractivity contribution is 7.11. The Bertz CT molecular complexity index is 558. The average molecular weight is 294 g/mol. The Hall–Kier alpha value is -1.30. The second kappa shape index (κ2) is 6.92. The van der Waals surface area contributed by atoms with E-state index >= 15 is 0 Å². The van der Waals surface area contributed by atoms with Crippen molar-refractivity contribution in [3.63, 3.8) is 0 Å². The molecule has 0 saturated carbocycles. The van der Waals surface area contributed by atoms with Crippen molar-refractivity contribution in [3.05, 3.63) is 51.7 Å². The molecule has 1 aromatic heterocycles. The summed E-state index contributed by atoms with van der Waals surface area (Å²) in [4.78, 5) is 5.62. The van der Waals surface area contributed by atoms with Crippen LogP contribution in [0.1, 0.15) is 41.4 Å². The molecule has 1 aromatic carbocycles. The van der Waals surface area contributed by atoms with Crippen molar-refractivity contribution in [2.75, 3.05) is 6.54 Å². The van der Waals surface area contributed by atoms with Gasteiger partial charge in [0.15, 0.2) is 0 Å². The van der Waals surface area contributed by atoms with E-state index in [0.717, 1.165) is 11.4 Å². The minimum Gasteiger partial charge on any atom is -0.387 e. The molecule has 1 heterocycles. The van der Waals surface area contributed by atoms with E-state index in [2.05, 4.69) is 17.2 Å². The third kappa shape index (κ3) is 3.85. The topological polar surface area (TPSA) is 45.2 Å². The number of nitrogens with zero attached hydrogens (tertiary/aromatic N) is 1. The first-order chi connectivity index (χ1) is 9.60. The molecule has 5 heteroatoms. The first kappa shape index (κ1) is 15.1. The number of thiazole rings is 1. The molecule has 0 aliphatic heterocycles. The van der Waals surface area contributed by atoms with Crippen LogP contribution in [-0.4, -0.2) is 16.6 Å². The summed E-state index contributed by atoms with van der Waals surface area (Å²) in [5.41, 5.74) is 0.582. The summed E-state index contributed by atoms with van der Waals surface area (Å²) >= 11 is 1.68. The van der Waals surface area contributed by atoms with E-state index in [0.29, 0.717) is 12.1 Å². The molecule has 0 radical (unpaired) electrons. The molecule has 0 aliphatic rings. The number of halogens is 1. The van der Waals surface area contributed by atoms with Gasteiger partial charge in [0.1, 0.15) is 10.8 Å². The van der Waals surface area contributed by atoms with Crippen molar-refractivity contribution in [2.24, 2.45) is 0 Å². The van der Waals surface area contributed by atoms with Gasteiger partial charge >= 0.3 is 0 Å². The highest BCUT2D eigenvalue weighted by Crippen LogP contribution is 2.21. The van der Waals surface area contributed by atoms with Crippen molar-refractivity contribution in [2.45, 2.75) is 32.4 Å². The van der Waals surface area contributed by atoms with E-state index in [1.807, 2.05) is 13.1 Å². The maximum atomic E-state index is 13.1. The average Bonchev–Trinajstić information content (AvgIpc) is 2.93. The van der Waals surface area contributed by atoms with Crippen LogP contribution in [0.15, 0.2) is 30.5 Å². The predicted octanol–water partition coefficient (Wildman–Crippen LogP) is 3.23. The van der Waals surface area contributed by atoms with Crippen LogP contribution in [0.25, 0.3) is 0 Å². The van der Waals surface area contributed by atoms with E-state index in [9.17, 15) is 9.50 Å². The number of hydrogen-bond donors (Lipinski definition) is 2. The zero-order chi connectivity index (χ0) is 14.5. The van der Waals surface area contributed by atoms with Crippen molar-refractivity contribution in [1.82, 2.24) is 10.3 Å². The highest BCUT2D eigenvalue weighted by atomic mass is 32.1. The summed E-state index contributed by atoms with van der Waals surface area (Å²) in [5.74, 6) is -0.331. The van der Waals surface area contributed by atoms with Crippen molar-refractivity contribution < 1.29 is 9.50 Å². The van der Waals surface area contributed by atoms with Gasteiger partial charge in [-0.2, -0.15) is 0 Å². The summed E-state index contributed by atoms with van der Waals surface area (Å²) in [6.07, 6.45) is 2.15. The smallest absolute Gasteiger partial charge is 0.123 e. The molecule has 3 nitrogen and oxygen atoms in total. The maximum Gasteiger partial charge on any atom is 0.123 e. The zero-order valence-corrected chi connectivity index (χ0v) is 12.5. The Morgan fingerprint density at radius 1 is 1.45 bits per heavy atom. The Morgan fingerprint density at radius 3 is 2.90 bits per heavy atom. The third-order valence-corrected chi connectivity index (χ3v) is 4.47. The van der Waals surface area contributed by atoms with E-state index in [1.54, 1.807) is 23.5 Å². The fourth-order valence-corrected chi connectivity index (χ4v) is 2.78. The van der Waals surface area contributed by atoms with E-state index in [4.69, 9.17) is 0 Å². The van der Waals surface area contributed by atoms with Crippen LogP contribution in [0.4, 0.5) is 4.39 Å². The third-order valence-electron chi connectivity index (χ3n) is 3.14. The second-order valence-electron chi connectivity index (χ2n) is 4.72. The van der Waals surface area contributed by atoms with Gasteiger partial charge in [0.05, 0.1) is 12.1 Å². The van der Waals surface area contributed by atoms with Gasteiger partial charge in [0, 0.05) is 17.6 Å². The van der Waals surface area contributed by atoms with Crippen LogP contribution in [-0.2, 0) is 6.42 Å². The summed E-state index contributed by atoms with van der Waals surface area (Å²) < 4.78 is 13.1. The lowest BCUT2D eigenvalue weighted by Gasteiger charge is -2.16. The first-order valence-electron chi connectivity index (χ1n) is 6.71. The highest BCUT2D eigenvalue weighted by Gasteiger charge is 2.13. The van der Waals surface area contributed by atoms with Crippen LogP contribution in [0, 0.1) is 5.82 Å². The molecule has 2 unspecified atom stereocenters. The van der Waals surface area contributed by atoms with E-state index in [-0.39, 0.29) is 11.9 Å². The Labute approximate surface area is 122 Å². The van der Waals surface area contributed by atoms with Gasteiger partial charge in [-0.15, -0.1) is 11.3 Å². The molecule has 0 aliphatic carbocycles.